The zero-order chi connectivity index (χ0) is 21.4. The van der Waals surface area contributed by atoms with Crippen LogP contribution in [0.1, 0.15) is 19.3 Å². The maximum absolute atomic E-state index is 10.7. The van der Waals surface area contributed by atoms with Gasteiger partial charge in [0.25, 0.3) is 0 Å². The van der Waals surface area contributed by atoms with Crippen molar-refractivity contribution in [1.29, 1.82) is 0 Å². The van der Waals surface area contributed by atoms with Gasteiger partial charge in [-0.25, -0.2) is 4.68 Å². The number of aryl methyl sites for hydroxylation is 1. The first kappa shape index (κ1) is 20.4. The molecular formula is C22H31N7O2. The molecule has 2 fully saturated rings. The van der Waals surface area contributed by atoms with Crippen LogP contribution in [0.25, 0.3) is 21.9 Å². The Bertz CT molecular complexity index is 1050. The number of phenols is 2. The van der Waals surface area contributed by atoms with E-state index >= 15 is 0 Å². The van der Waals surface area contributed by atoms with Crippen LogP contribution < -0.4 is 0 Å². The number of hydrogen-bond donors (Lipinski definition) is 2. The molecule has 0 spiro atoms. The van der Waals surface area contributed by atoms with Gasteiger partial charge in [0.1, 0.15) is 11.0 Å². The molecule has 2 aromatic heterocycles. The number of piperidine rings is 1. The number of aromatic nitrogens is 4. The molecular weight excluding hydrogens is 394 g/mol. The molecule has 2 aliphatic rings. The first-order chi connectivity index (χ1) is 15.1. The lowest BCUT2D eigenvalue weighted by Gasteiger charge is -2.42. The molecule has 0 radical (unpaired) electrons. The summed E-state index contributed by atoms with van der Waals surface area (Å²) < 4.78 is 1.69. The number of nitrogens with zero attached hydrogens (tertiary/aromatic N) is 7. The van der Waals surface area contributed by atoms with E-state index in [1.807, 2.05) is 0 Å². The number of pyridine rings is 1. The fourth-order valence-electron chi connectivity index (χ4n) is 5.04. The van der Waals surface area contributed by atoms with Gasteiger partial charge in [0.05, 0.1) is 0 Å². The van der Waals surface area contributed by atoms with Gasteiger partial charge in [-0.1, -0.05) is 5.21 Å². The minimum atomic E-state index is 0.0205. The van der Waals surface area contributed by atoms with E-state index in [-0.39, 0.29) is 11.5 Å². The molecule has 4 heterocycles. The van der Waals surface area contributed by atoms with Crippen molar-refractivity contribution in [3.05, 3.63) is 18.3 Å². The summed E-state index contributed by atoms with van der Waals surface area (Å²) in [7, 11) is 2.21. The van der Waals surface area contributed by atoms with E-state index in [4.69, 9.17) is 0 Å². The predicted octanol–water partition coefficient (Wildman–Crippen LogP) is 1.49. The van der Waals surface area contributed by atoms with Gasteiger partial charge in [0.2, 0.25) is 0 Å². The van der Waals surface area contributed by atoms with Gasteiger partial charge < -0.3 is 20.0 Å². The molecule has 2 N–H and O–H groups in total. The molecule has 0 saturated carbocycles. The second-order valence-corrected chi connectivity index (χ2v) is 8.87. The molecule has 1 aromatic carbocycles. The third kappa shape index (κ3) is 3.93. The summed E-state index contributed by atoms with van der Waals surface area (Å²) in [5, 5.41) is 30.1. The first-order valence-corrected chi connectivity index (χ1v) is 11.3. The van der Waals surface area contributed by atoms with Gasteiger partial charge in [-0.15, -0.1) is 5.10 Å². The van der Waals surface area contributed by atoms with Gasteiger partial charge >= 0.3 is 0 Å². The molecule has 0 atom stereocenters. The number of rotatable bonds is 5. The van der Waals surface area contributed by atoms with Crippen LogP contribution in [-0.4, -0.2) is 104 Å². The summed E-state index contributed by atoms with van der Waals surface area (Å²) in [6, 6.07) is 4.20. The van der Waals surface area contributed by atoms with Crippen molar-refractivity contribution in [3.63, 3.8) is 0 Å². The SMILES string of the molecule is CN1CCC(N2CCN(CCCn3nnc4c(O)c5cccnc5c(O)c43)CC2)CC1. The number of hydrogen-bond acceptors (Lipinski definition) is 8. The quantitative estimate of drug-likeness (QED) is 0.594. The van der Waals surface area contributed by atoms with Gasteiger partial charge in [-0.05, 0) is 51.5 Å². The zero-order valence-electron chi connectivity index (χ0n) is 18.1. The van der Waals surface area contributed by atoms with E-state index < -0.39 is 0 Å². The molecule has 166 valence electrons. The summed E-state index contributed by atoms with van der Waals surface area (Å²) in [6.07, 6.45) is 5.09. The molecule has 2 aliphatic heterocycles. The Balaban J connectivity index is 1.19. The number of fused-ring (bicyclic) bond motifs is 2. The van der Waals surface area contributed by atoms with Crippen LogP contribution >= 0.6 is 0 Å². The second-order valence-electron chi connectivity index (χ2n) is 8.87. The topological polar surface area (TPSA) is 93.8 Å². The normalized spacial score (nSPS) is 20.2. The highest BCUT2D eigenvalue weighted by Crippen LogP contribution is 2.38. The highest BCUT2D eigenvalue weighted by atomic mass is 16.3. The summed E-state index contributed by atoms with van der Waals surface area (Å²) in [5.74, 6) is 0.0484. The number of likely N-dealkylation sites (tertiary alicyclic amines) is 1. The molecule has 0 aliphatic carbocycles. The van der Waals surface area contributed by atoms with Crippen molar-refractivity contribution < 1.29 is 10.2 Å². The van der Waals surface area contributed by atoms with Crippen LogP contribution in [0.5, 0.6) is 11.5 Å². The fraction of sp³-hybridized carbons (Fsp3) is 0.591. The number of aromatic hydroxyl groups is 2. The first-order valence-electron chi connectivity index (χ1n) is 11.3. The lowest BCUT2D eigenvalue weighted by atomic mass is 10.0. The fourth-order valence-corrected chi connectivity index (χ4v) is 5.04. The van der Waals surface area contributed by atoms with Crippen molar-refractivity contribution in [2.45, 2.75) is 31.8 Å². The van der Waals surface area contributed by atoms with Gasteiger partial charge in [-0.2, -0.15) is 0 Å². The van der Waals surface area contributed by atoms with E-state index in [0.717, 1.165) is 45.2 Å². The van der Waals surface area contributed by atoms with Gasteiger partial charge in [-0.3, -0.25) is 9.88 Å². The molecule has 2 saturated heterocycles. The number of phenolic OH excluding ortho intramolecular Hbond substituents is 2. The monoisotopic (exact) mass is 425 g/mol. The van der Waals surface area contributed by atoms with Crippen LogP contribution in [0.2, 0.25) is 0 Å². The van der Waals surface area contributed by atoms with Crippen molar-refractivity contribution in [2.24, 2.45) is 0 Å². The zero-order valence-corrected chi connectivity index (χ0v) is 18.1. The maximum Gasteiger partial charge on any atom is 0.170 e. The second kappa shape index (κ2) is 8.57. The van der Waals surface area contributed by atoms with Gasteiger partial charge in [0.15, 0.2) is 17.0 Å². The van der Waals surface area contributed by atoms with E-state index in [9.17, 15) is 10.2 Å². The molecule has 0 unspecified atom stereocenters. The Morgan fingerprint density at radius 2 is 1.74 bits per heavy atom. The third-order valence-corrected chi connectivity index (χ3v) is 6.93. The van der Waals surface area contributed by atoms with Crippen molar-refractivity contribution in [1.82, 2.24) is 34.7 Å². The lowest BCUT2D eigenvalue weighted by Crippen LogP contribution is -2.53. The molecule has 31 heavy (non-hydrogen) atoms. The van der Waals surface area contributed by atoms with E-state index in [2.05, 4.69) is 37.0 Å². The highest BCUT2D eigenvalue weighted by Gasteiger charge is 2.26. The Hall–Kier alpha value is -2.49. The van der Waals surface area contributed by atoms with Crippen LogP contribution in [0, 0.1) is 0 Å². The van der Waals surface area contributed by atoms with Crippen LogP contribution in [-0.2, 0) is 6.54 Å². The molecule has 3 aromatic rings. The summed E-state index contributed by atoms with van der Waals surface area (Å²) in [5.41, 5.74) is 1.15. The van der Waals surface area contributed by atoms with Crippen molar-refractivity contribution in [3.8, 4) is 11.5 Å². The van der Waals surface area contributed by atoms with E-state index in [0.29, 0.717) is 28.5 Å². The minimum absolute atomic E-state index is 0.0205. The summed E-state index contributed by atoms with van der Waals surface area (Å²) >= 11 is 0. The Kier molecular flexibility index (Phi) is 5.64. The largest absolute Gasteiger partial charge is 0.505 e. The Labute approximate surface area is 181 Å². The third-order valence-electron chi connectivity index (χ3n) is 6.93. The van der Waals surface area contributed by atoms with Crippen molar-refractivity contribution >= 4 is 21.9 Å². The Morgan fingerprint density at radius 3 is 2.52 bits per heavy atom. The summed E-state index contributed by atoms with van der Waals surface area (Å²) in [4.78, 5) is 11.8. The average molecular weight is 426 g/mol. The standard InChI is InChI=1S/C22H31N7O2/c1-26-10-5-16(6-11-26)28-14-12-27(13-15-28)8-3-9-29-20-19(24-25-29)21(30)17-4-2-7-23-18(17)22(20)31/h2,4,7,16,30-31H,3,5-6,8-15H2,1H3. The molecule has 0 bridgehead atoms. The lowest BCUT2D eigenvalue weighted by molar-refractivity contribution is 0.0638. The van der Waals surface area contributed by atoms with Crippen molar-refractivity contribution in [2.75, 3.05) is 52.9 Å². The smallest absolute Gasteiger partial charge is 0.170 e. The van der Waals surface area contributed by atoms with Gasteiger partial charge in [0, 0.05) is 56.9 Å². The predicted molar refractivity (Wildman–Crippen MR) is 119 cm³/mol. The minimum Gasteiger partial charge on any atom is -0.505 e. The molecule has 9 heteroatoms. The van der Waals surface area contributed by atoms with E-state index in [1.54, 1.807) is 23.0 Å². The van der Waals surface area contributed by atoms with Crippen LogP contribution in [0.15, 0.2) is 18.3 Å². The number of piperazine rings is 1. The summed E-state index contributed by atoms with van der Waals surface area (Å²) in [6.45, 7) is 8.54. The average Bonchev–Trinajstić information content (AvgIpc) is 3.23. The molecule has 9 nitrogen and oxygen atoms in total. The van der Waals surface area contributed by atoms with Crippen LogP contribution in [0.4, 0.5) is 0 Å². The molecule has 0 amide bonds. The van der Waals surface area contributed by atoms with Crippen LogP contribution in [0.3, 0.4) is 0 Å². The number of benzene rings is 1. The van der Waals surface area contributed by atoms with E-state index in [1.165, 1.54) is 25.9 Å². The Morgan fingerprint density at radius 1 is 0.968 bits per heavy atom. The molecule has 5 rings (SSSR count). The maximum atomic E-state index is 10.7. The highest BCUT2D eigenvalue weighted by molar-refractivity contribution is 6.05.